The highest BCUT2D eigenvalue weighted by Gasteiger charge is 2.05. The van der Waals surface area contributed by atoms with Crippen molar-refractivity contribution in [3.05, 3.63) is 57.9 Å². The molecule has 0 amide bonds. The van der Waals surface area contributed by atoms with Crippen LogP contribution in [0, 0.1) is 13.8 Å². The van der Waals surface area contributed by atoms with Crippen LogP contribution in [0.4, 0.5) is 5.82 Å². The van der Waals surface area contributed by atoms with Crippen molar-refractivity contribution in [1.82, 2.24) is 19.7 Å². The molecule has 0 bridgehead atoms. The normalized spacial score (nSPS) is 10.8. The van der Waals surface area contributed by atoms with Gasteiger partial charge in [0.2, 0.25) is 0 Å². The van der Waals surface area contributed by atoms with Crippen LogP contribution in [0.3, 0.4) is 0 Å². The standard InChI is InChI=1S/C16H19N5S/c1-12-15(22-13(2)19-12)11-18-16-6-10-21(20-16)9-5-14-3-7-17-8-4-14/h3-4,6-8,10H,5,9,11H2,1-2H3,(H,18,20). The zero-order valence-electron chi connectivity index (χ0n) is 12.8. The van der Waals surface area contributed by atoms with Gasteiger partial charge in [-0.2, -0.15) is 5.10 Å². The van der Waals surface area contributed by atoms with E-state index >= 15 is 0 Å². The van der Waals surface area contributed by atoms with E-state index in [1.54, 1.807) is 11.3 Å². The second kappa shape index (κ2) is 6.70. The Labute approximate surface area is 134 Å². The van der Waals surface area contributed by atoms with Crippen LogP contribution in [0.25, 0.3) is 0 Å². The van der Waals surface area contributed by atoms with E-state index in [0.717, 1.165) is 36.0 Å². The molecule has 0 saturated heterocycles. The van der Waals surface area contributed by atoms with Gasteiger partial charge in [-0.25, -0.2) is 4.98 Å². The summed E-state index contributed by atoms with van der Waals surface area (Å²) in [4.78, 5) is 9.74. The Balaban J connectivity index is 1.54. The molecule has 6 heteroatoms. The van der Waals surface area contributed by atoms with Gasteiger partial charge in [0, 0.05) is 36.1 Å². The monoisotopic (exact) mass is 313 g/mol. The summed E-state index contributed by atoms with van der Waals surface area (Å²) in [6, 6.07) is 6.09. The SMILES string of the molecule is Cc1nc(C)c(CNc2ccn(CCc3ccncc3)n2)s1. The minimum absolute atomic E-state index is 0.776. The Morgan fingerprint density at radius 1 is 1.18 bits per heavy atom. The van der Waals surface area contributed by atoms with Crippen molar-refractivity contribution in [3.63, 3.8) is 0 Å². The highest BCUT2D eigenvalue weighted by molar-refractivity contribution is 7.11. The average Bonchev–Trinajstić information content (AvgIpc) is 3.10. The number of aromatic nitrogens is 4. The van der Waals surface area contributed by atoms with E-state index in [1.807, 2.05) is 55.3 Å². The fraction of sp³-hybridized carbons (Fsp3) is 0.312. The van der Waals surface area contributed by atoms with Crippen LogP contribution in [-0.4, -0.2) is 19.7 Å². The molecule has 0 aromatic carbocycles. The average molecular weight is 313 g/mol. The molecule has 0 aliphatic heterocycles. The van der Waals surface area contributed by atoms with Crippen LogP contribution < -0.4 is 5.32 Å². The summed E-state index contributed by atoms with van der Waals surface area (Å²) >= 11 is 1.73. The summed E-state index contributed by atoms with van der Waals surface area (Å²) in [5.74, 6) is 0.903. The second-order valence-electron chi connectivity index (χ2n) is 5.16. The predicted molar refractivity (Wildman–Crippen MR) is 89.1 cm³/mol. The van der Waals surface area contributed by atoms with E-state index in [4.69, 9.17) is 0 Å². The summed E-state index contributed by atoms with van der Waals surface area (Å²) in [6.07, 6.45) is 6.61. The number of anilines is 1. The summed E-state index contributed by atoms with van der Waals surface area (Å²) in [5.41, 5.74) is 2.38. The first kappa shape index (κ1) is 14.7. The van der Waals surface area contributed by atoms with E-state index < -0.39 is 0 Å². The molecule has 3 rings (SSSR count). The maximum Gasteiger partial charge on any atom is 0.148 e. The topological polar surface area (TPSA) is 55.6 Å². The Morgan fingerprint density at radius 2 is 2.00 bits per heavy atom. The first-order chi connectivity index (χ1) is 10.7. The third-order valence-corrected chi connectivity index (χ3v) is 4.52. The van der Waals surface area contributed by atoms with Crippen LogP contribution in [0.2, 0.25) is 0 Å². The maximum atomic E-state index is 4.55. The third-order valence-electron chi connectivity index (χ3n) is 3.45. The summed E-state index contributed by atoms with van der Waals surface area (Å²) in [7, 11) is 0. The van der Waals surface area contributed by atoms with Crippen molar-refractivity contribution in [2.45, 2.75) is 33.4 Å². The van der Waals surface area contributed by atoms with E-state index in [-0.39, 0.29) is 0 Å². The zero-order valence-corrected chi connectivity index (χ0v) is 13.6. The van der Waals surface area contributed by atoms with Crippen molar-refractivity contribution in [2.75, 3.05) is 5.32 Å². The minimum atomic E-state index is 0.776. The van der Waals surface area contributed by atoms with Gasteiger partial charge in [0.25, 0.3) is 0 Å². The van der Waals surface area contributed by atoms with Gasteiger partial charge in [-0.3, -0.25) is 9.67 Å². The molecule has 3 heterocycles. The maximum absolute atomic E-state index is 4.55. The van der Waals surface area contributed by atoms with Gasteiger partial charge in [-0.1, -0.05) is 0 Å². The highest BCUT2D eigenvalue weighted by atomic mass is 32.1. The molecule has 0 aliphatic carbocycles. The van der Waals surface area contributed by atoms with Gasteiger partial charge < -0.3 is 5.32 Å². The van der Waals surface area contributed by atoms with Crippen molar-refractivity contribution in [1.29, 1.82) is 0 Å². The molecule has 0 unspecified atom stereocenters. The zero-order chi connectivity index (χ0) is 15.4. The molecule has 0 radical (unpaired) electrons. The lowest BCUT2D eigenvalue weighted by Crippen LogP contribution is -2.04. The lowest BCUT2D eigenvalue weighted by atomic mass is 10.2. The molecular weight excluding hydrogens is 294 g/mol. The number of aryl methyl sites for hydroxylation is 4. The van der Waals surface area contributed by atoms with Crippen molar-refractivity contribution >= 4 is 17.2 Å². The van der Waals surface area contributed by atoms with E-state index in [9.17, 15) is 0 Å². The van der Waals surface area contributed by atoms with Gasteiger partial charge in [-0.05, 0) is 38.0 Å². The van der Waals surface area contributed by atoms with Crippen molar-refractivity contribution in [3.8, 4) is 0 Å². The molecule has 0 aliphatic rings. The Morgan fingerprint density at radius 3 is 2.73 bits per heavy atom. The number of nitrogens with zero attached hydrogens (tertiary/aromatic N) is 4. The van der Waals surface area contributed by atoms with Crippen LogP contribution in [0.1, 0.15) is 21.1 Å². The second-order valence-corrected chi connectivity index (χ2v) is 6.45. The molecule has 3 aromatic heterocycles. The number of pyridine rings is 1. The van der Waals surface area contributed by atoms with E-state index in [2.05, 4.69) is 20.4 Å². The molecule has 0 saturated carbocycles. The third kappa shape index (κ3) is 3.71. The van der Waals surface area contributed by atoms with E-state index in [0.29, 0.717) is 0 Å². The number of thiazole rings is 1. The first-order valence-corrected chi connectivity index (χ1v) is 8.11. The molecule has 3 aromatic rings. The molecule has 1 N–H and O–H groups in total. The quantitative estimate of drug-likeness (QED) is 0.759. The van der Waals surface area contributed by atoms with Gasteiger partial charge >= 0.3 is 0 Å². The van der Waals surface area contributed by atoms with Crippen LogP contribution in [0.15, 0.2) is 36.8 Å². The van der Waals surface area contributed by atoms with Crippen molar-refractivity contribution < 1.29 is 0 Å². The van der Waals surface area contributed by atoms with Crippen LogP contribution in [0.5, 0.6) is 0 Å². The largest absolute Gasteiger partial charge is 0.364 e. The number of nitrogens with one attached hydrogen (secondary N) is 1. The molecule has 114 valence electrons. The lowest BCUT2D eigenvalue weighted by molar-refractivity contribution is 0.616. The summed E-state index contributed by atoms with van der Waals surface area (Å²) in [6.45, 7) is 5.73. The Bertz CT molecular complexity index is 732. The number of rotatable bonds is 6. The minimum Gasteiger partial charge on any atom is -0.364 e. The molecule has 5 nitrogen and oxygen atoms in total. The predicted octanol–water partition coefficient (Wildman–Crippen LogP) is 3.21. The lowest BCUT2D eigenvalue weighted by Gasteiger charge is -2.03. The molecular formula is C16H19N5S. The van der Waals surface area contributed by atoms with E-state index in [1.165, 1.54) is 10.4 Å². The van der Waals surface area contributed by atoms with Gasteiger partial charge in [0.1, 0.15) is 5.82 Å². The molecule has 0 atom stereocenters. The molecule has 22 heavy (non-hydrogen) atoms. The van der Waals surface area contributed by atoms with Crippen LogP contribution in [-0.2, 0) is 19.5 Å². The van der Waals surface area contributed by atoms with Crippen LogP contribution >= 0.6 is 11.3 Å². The van der Waals surface area contributed by atoms with Gasteiger partial charge in [0.05, 0.1) is 17.2 Å². The molecule has 0 spiro atoms. The number of hydrogen-bond donors (Lipinski definition) is 1. The fourth-order valence-electron chi connectivity index (χ4n) is 2.28. The first-order valence-electron chi connectivity index (χ1n) is 7.30. The summed E-state index contributed by atoms with van der Waals surface area (Å²) in [5, 5.41) is 9.02. The Kier molecular flexibility index (Phi) is 4.48. The fourth-order valence-corrected chi connectivity index (χ4v) is 3.16. The highest BCUT2D eigenvalue weighted by Crippen LogP contribution is 2.18. The Hall–Kier alpha value is -2.21. The smallest absolute Gasteiger partial charge is 0.148 e. The van der Waals surface area contributed by atoms with Crippen molar-refractivity contribution in [2.24, 2.45) is 0 Å². The summed E-state index contributed by atoms with van der Waals surface area (Å²) < 4.78 is 1.97. The van der Waals surface area contributed by atoms with Gasteiger partial charge in [0.15, 0.2) is 0 Å². The number of hydrogen-bond acceptors (Lipinski definition) is 5. The van der Waals surface area contributed by atoms with Gasteiger partial charge in [-0.15, -0.1) is 11.3 Å². The molecule has 0 fully saturated rings.